The largest absolute Gasteiger partial charge is 0.495 e. The number of carboxylic acids is 1. The van der Waals surface area contributed by atoms with Gasteiger partial charge in [0.25, 0.3) is 0 Å². The van der Waals surface area contributed by atoms with Crippen LogP contribution in [0.1, 0.15) is 5.56 Å². The predicted octanol–water partition coefficient (Wildman–Crippen LogP) is 0.273. The average Bonchev–Trinajstić information content (AvgIpc) is 2.83. The molecule has 26 heavy (non-hydrogen) atoms. The van der Waals surface area contributed by atoms with Crippen molar-refractivity contribution in [3.05, 3.63) is 23.8 Å². The summed E-state index contributed by atoms with van der Waals surface area (Å²) in [6.07, 6.45) is -0.242. The molecule has 1 aromatic carbocycles. The molecule has 144 valence electrons. The Kier molecular flexibility index (Phi) is 5.52. The molecule has 0 aromatic heterocycles. The monoisotopic (exact) mass is 384 g/mol. The first-order chi connectivity index (χ1) is 12.3. The van der Waals surface area contributed by atoms with E-state index in [1.54, 1.807) is 6.07 Å². The quantitative estimate of drug-likeness (QED) is 0.778. The minimum absolute atomic E-state index is 0.00882. The molecule has 9 heteroatoms. The minimum Gasteiger partial charge on any atom is -0.495 e. The molecule has 3 rings (SSSR count). The van der Waals surface area contributed by atoms with E-state index in [2.05, 4.69) is 4.90 Å². The molecule has 0 saturated carbocycles. The van der Waals surface area contributed by atoms with E-state index in [1.807, 2.05) is 7.05 Å². The van der Waals surface area contributed by atoms with Crippen molar-refractivity contribution < 1.29 is 27.8 Å². The highest BCUT2D eigenvalue weighted by Gasteiger charge is 2.38. The van der Waals surface area contributed by atoms with Gasteiger partial charge >= 0.3 is 5.97 Å². The lowest BCUT2D eigenvalue weighted by atomic mass is 10.1. The zero-order chi connectivity index (χ0) is 18.9. The zero-order valence-corrected chi connectivity index (χ0v) is 15.7. The fourth-order valence-corrected chi connectivity index (χ4v) is 5.31. The minimum atomic E-state index is -3.82. The van der Waals surface area contributed by atoms with Crippen molar-refractivity contribution in [2.75, 3.05) is 47.0 Å². The highest BCUT2D eigenvalue weighted by molar-refractivity contribution is 7.89. The molecule has 2 saturated heterocycles. The van der Waals surface area contributed by atoms with Crippen LogP contribution in [0, 0.1) is 5.92 Å². The fourth-order valence-electron chi connectivity index (χ4n) is 3.55. The smallest absolute Gasteiger partial charge is 0.307 e. The van der Waals surface area contributed by atoms with Crippen molar-refractivity contribution in [2.45, 2.75) is 17.4 Å². The number of sulfonamides is 1. The first-order valence-corrected chi connectivity index (χ1v) is 9.92. The van der Waals surface area contributed by atoms with Gasteiger partial charge in [-0.15, -0.1) is 0 Å². The van der Waals surface area contributed by atoms with Crippen molar-refractivity contribution in [3.63, 3.8) is 0 Å². The molecule has 8 nitrogen and oxygen atoms in total. The topological polar surface area (TPSA) is 96.4 Å². The van der Waals surface area contributed by atoms with Gasteiger partial charge in [-0.2, -0.15) is 4.31 Å². The molecule has 0 spiro atoms. The molecule has 0 amide bonds. The van der Waals surface area contributed by atoms with Crippen LogP contribution in [0.3, 0.4) is 0 Å². The van der Waals surface area contributed by atoms with E-state index in [9.17, 15) is 13.2 Å². The molecule has 2 heterocycles. The predicted molar refractivity (Wildman–Crippen MR) is 93.8 cm³/mol. The summed E-state index contributed by atoms with van der Waals surface area (Å²) < 4.78 is 39.0. The summed E-state index contributed by atoms with van der Waals surface area (Å²) in [6.45, 7) is 2.52. The van der Waals surface area contributed by atoms with Crippen molar-refractivity contribution in [2.24, 2.45) is 5.92 Å². The summed E-state index contributed by atoms with van der Waals surface area (Å²) in [5.41, 5.74) is 0.423. The number of likely N-dealkylation sites (N-methyl/N-ethyl adjacent to an activating group) is 1. The third-order valence-corrected chi connectivity index (χ3v) is 6.76. The Bertz CT molecular complexity index is 781. The number of rotatable bonds is 5. The summed E-state index contributed by atoms with van der Waals surface area (Å²) in [6, 6.07) is 4.48. The van der Waals surface area contributed by atoms with Gasteiger partial charge in [0.05, 0.1) is 26.7 Å². The number of ether oxygens (including phenoxy) is 2. The standard InChI is InChI=1S/C17H24N2O6S/c1-18-7-13-8-19(9-14(18)11-25-10-13)26(22,23)16-5-12(6-17(20)21)3-4-15(16)24-2/h3-5,13-14H,6-11H2,1-2H3,(H,20,21)/t13-,14+/m1/s1. The maximum Gasteiger partial charge on any atom is 0.307 e. The van der Waals surface area contributed by atoms with E-state index in [-0.39, 0.29) is 29.0 Å². The van der Waals surface area contributed by atoms with Crippen LogP contribution in [0.15, 0.2) is 23.1 Å². The highest BCUT2D eigenvalue weighted by Crippen LogP contribution is 2.30. The van der Waals surface area contributed by atoms with Crippen LogP contribution in [0.2, 0.25) is 0 Å². The second-order valence-electron chi connectivity index (χ2n) is 6.87. The normalized spacial score (nSPS) is 24.8. The molecular formula is C17H24N2O6S. The van der Waals surface area contributed by atoms with E-state index in [1.165, 1.54) is 23.5 Å². The van der Waals surface area contributed by atoms with Gasteiger partial charge in [-0.1, -0.05) is 6.07 Å². The van der Waals surface area contributed by atoms with Crippen LogP contribution >= 0.6 is 0 Å². The molecule has 0 unspecified atom stereocenters. The molecule has 2 aliphatic heterocycles. The molecule has 1 N–H and O–H groups in total. The SMILES string of the molecule is COc1ccc(CC(=O)O)cc1S(=O)(=O)N1C[C@@H]2COC[C@H](C1)N(C)C2. The van der Waals surface area contributed by atoms with E-state index in [4.69, 9.17) is 14.6 Å². The summed E-state index contributed by atoms with van der Waals surface area (Å²) in [5.74, 6) is -0.699. The Morgan fingerprint density at radius 2 is 2.08 bits per heavy atom. The average molecular weight is 384 g/mol. The molecule has 0 radical (unpaired) electrons. The number of hydrogen-bond acceptors (Lipinski definition) is 6. The summed E-state index contributed by atoms with van der Waals surface area (Å²) in [4.78, 5) is 13.1. The molecule has 2 aliphatic rings. The van der Waals surface area contributed by atoms with Gasteiger partial charge in [-0.05, 0) is 24.7 Å². The van der Waals surface area contributed by atoms with E-state index in [0.29, 0.717) is 31.9 Å². The van der Waals surface area contributed by atoms with Crippen LogP contribution < -0.4 is 4.74 Å². The lowest BCUT2D eigenvalue weighted by Crippen LogP contribution is -2.44. The maximum absolute atomic E-state index is 13.3. The van der Waals surface area contributed by atoms with Gasteiger partial charge in [0, 0.05) is 31.6 Å². The maximum atomic E-state index is 13.3. The Morgan fingerprint density at radius 3 is 2.77 bits per heavy atom. The lowest BCUT2D eigenvalue weighted by Gasteiger charge is -2.29. The lowest BCUT2D eigenvalue weighted by molar-refractivity contribution is -0.136. The number of methoxy groups -OCH3 is 1. The number of fused-ring (bicyclic) bond motifs is 3. The Hall–Kier alpha value is -1.68. The molecule has 0 aliphatic carbocycles. The van der Waals surface area contributed by atoms with Gasteiger partial charge in [0.1, 0.15) is 10.6 Å². The molecule has 2 atom stereocenters. The second kappa shape index (κ2) is 7.51. The number of benzene rings is 1. The summed E-state index contributed by atoms with van der Waals surface area (Å²) in [5, 5.41) is 9.00. The Labute approximate surface area is 153 Å². The van der Waals surface area contributed by atoms with Crippen LogP contribution in [0.5, 0.6) is 5.75 Å². The first kappa shape index (κ1) is 19.1. The van der Waals surface area contributed by atoms with Crippen molar-refractivity contribution >= 4 is 16.0 Å². The summed E-state index contributed by atoms with van der Waals surface area (Å²) >= 11 is 0. The van der Waals surface area contributed by atoms with Gasteiger partial charge < -0.3 is 14.6 Å². The van der Waals surface area contributed by atoms with E-state index in [0.717, 1.165) is 6.54 Å². The van der Waals surface area contributed by atoms with E-state index >= 15 is 0 Å². The van der Waals surface area contributed by atoms with Crippen LogP contribution in [0.4, 0.5) is 0 Å². The van der Waals surface area contributed by atoms with Crippen LogP contribution in [-0.4, -0.2) is 81.7 Å². The number of carboxylic acid groups (broad SMARTS) is 1. The Balaban J connectivity index is 1.97. The van der Waals surface area contributed by atoms with Crippen molar-refractivity contribution in [1.29, 1.82) is 0 Å². The van der Waals surface area contributed by atoms with E-state index < -0.39 is 16.0 Å². The third-order valence-electron chi connectivity index (χ3n) is 4.91. The Morgan fingerprint density at radius 1 is 1.31 bits per heavy atom. The van der Waals surface area contributed by atoms with Crippen LogP contribution in [0.25, 0.3) is 0 Å². The summed E-state index contributed by atoms with van der Waals surface area (Å²) in [7, 11) is -0.429. The molecular weight excluding hydrogens is 360 g/mol. The van der Waals surface area contributed by atoms with Crippen LogP contribution in [-0.2, 0) is 26.0 Å². The second-order valence-corrected chi connectivity index (χ2v) is 8.78. The van der Waals surface area contributed by atoms with Gasteiger partial charge in [-0.25, -0.2) is 8.42 Å². The van der Waals surface area contributed by atoms with Crippen molar-refractivity contribution in [3.8, 4) is 5.75 Å². The number of hydrogen-bond donors (Lipinski definition) is 1. The van der Waals surface area contributed by atoms with Gasteiger partial charge in [0.2, 0.25) is 10.0 Å². The fraction of sp³-hybridized carbons (Fsp3) is 0.588. The zero-order valence-electron chi connectivity index (χ0n) is 14.9. The van der Waals surface area contributed by atoms with Gasteiger partial charge in [0.15, 0.2) is 0 Å². The molecule has 2 bridgehead atoms. The number of nitrogens with zero attached hydrogens (tertiary/aromatic N) is 2. The molecule has 1 aromatic rings. The molecule has 2 fully saturated rings. The first-order valence-electron chi connectivity index (χ1n) is 8.48. The van der Waals surface area contributed by atoms with Crippen molar-refractivity contribution in [1.82, 2.24) is 9.21 Å². The van der Waals surface area contributed by atoms with Gasteiger partial charge in [-0.3, -0.25) is 9.69 Å². The number of carbonyl (C=O) groups is 1. The number of aliphatic carboxylic acids is 1. The third kappa shape index (κ3) is 3.85. The highest BCUT2D eigenvalue weighted by atomic mass is 32.2.